The Balaban J connectivity index is 2.28. The molecule has 0 atom stereocenters. The minimum atomic E-state index is -0.434. The van der Waals surface area contributed by atoms with Gasteiger partial charge in [-0.05, 0) is 37.1 Å². The second-order valence-electron chi connectivity index (χ2n) is 6.36. The standard InChI is InChI=1S/C22H26O5/c1-15(2)22(24)27-10-9-18-13-19(17-7-5-16(3)6-8-17)14-20(23)21(18)26-12-11-25-4/h5-8,13-14,23H,1,9-12H2,2-4H3. The van der Waals surface area contributed by atoms with E-state index in [2.05, 4.69) is 6.58 Å². The third-order valence-electron chi connectivity index (χ3n) is 4.02. The summed E-state index contributed by atoms with van der Waals surface area (Å²) in [4.78, 5) is 11.6. The van der Waals surface area contributed by atoms with Crippen molar-refractivity contribution in [3.8, 4) is 22.6 Å². The molecule has 0 saturated heterocycles. The average molecular weight is 370 g/mol. The number of phenols is 1. The fraction of sp³-hybridized carbons (Fsp3) is 0.318. The Morgan fingerprint density at radius 3 is 2.41 bits per heavy atom. The maximum Gasteiger partial charge on any atom is 0.333 e. The van der Waals surface area contributed by atoms with Crippen LogP contribution < -0.4 is 4.74 Å². The van der Waals surface area contributed by atoms with Crippen LogP contribution in [-0.2, 0) is 20.7 Å². The van der Waals surface area contributed by atoms with Gasteiger partial charge in [-0.15, -0.1) is 0 Å². The van der Waals surface area contributed by atoms with Crippen LogP contribution in [0.3, 0.4) is 0 Å². The van der Waals surface area contributed by atoms with E-state index in [9.17, 15) is 9.90 Å². The fourth-order valence-corrected chi connectivity index (χ4v) is 2.54. The lowest BCUT2D eigenvalue weighted by Gasteiger charge is -2.15. The first kappa shape index (κ1) is 20.5. The van der Waals surface area contributed by atoms with Crippen molar-refractivity contribution in [2.45, 2.75) is 20.3 Å². The van der Waals surface area contributed by atoms with Gasteiger partial charge in [0.1, 0.15) is 6.61 Å². The molecule has 5 nitrogen and oxygen atoms in total. The second-order valence-corrected chi connectivity index (χ2v) is 6.36. The van der Waals surface area contributed by atoms with Crippen molar-refractivity contribution in [1.82, 2.24) is 0 Å². The van der Waals surface area contributed by atoms with Crippen LogP contribution in [0.2, 0.25) is 0 Å². The molecule has 0 aliphatic rings. The highest BCUT2D eigenvalue weighted by atomic mass is 16.5. The largest absolute Gasteiger partial charge is 0.504 e. The van der Waals surface area contributed by atoms with E-state index in [0.29, 0.717) is 31.0 Å². The molecule has 0 unspecified atom stereocenters. The van der Waals surface area contributed by atoms with Crippen molar-refractivity contribution in [3.63, 3.8) is 0 Å². The molecule has 0 aromatic heterocycles. The van der Waals surface area contributed by atoms with Gasteiger partial charge >= 0.3 is 5.97 Å². The summed E-state index contributed by atoms with van der Waals surface area (Å²) in [5, 5.41) is 10.5. The van der Waals surface area contributed by atoms with Crippen LogP contribution in [0.1, 0.15) is 18.1 Å². The number of esters is 1. The zero-order valence-corrected chi connectivity index (χ0v) is 16.1. The summed E-state index contributed by atoms with van der Waals surface area (Å²) in [7, 11) is 1.59. The Bertz CT molecular complexity index is 793. The van der Waals surface area contributed by atoms with Gasteiger partial charge in [-0.2, -0.15) is 0 Å². The molecule has 2 aromatic rings. The van der Waals surface area contributed by atoms with E-state index >= 15 is 0 Å². The monoisotopic (exact) mass is 370 g/mol. The summed E-state index contributed by atoms with van der Waals surface area (Å²) >= 11 is 0. The predicted molar refractivity (Wildman–Crippen MR) is 105 cm³/mol. The van der Waals surface area contributed by atoms with Gasteiger partial charge in [0.25, 0.3) is 0 Å². The second kappa shape index (κ2) is 9.78. The van der Waals surface area contributed by atoms with Crippen molar-refractivity contribution in [2.24, 2.45) is 0 Å². The number of methoxy groups -OCH3 is 1. The fourth-order valence-electron chi connectivity index (χ4n) is 2.54. The third kappa shape index (κ3) is 5.86. The van der Waals surface area contributed by atoms with Crippen molar-refractivity contribution in [1.29, 1.82) is 0 Å². The molecule has 1 N–H and O–H groups in total. The van der Waals surface area contributed by atoms with Crippen LogP contribution in [0.15, 0.2) is 48.6 Å². The molecule has 0 fully saturated rings. The molecule has 2 aromatic carbocycles. The Morgan fingerprint density at radius 2 is 1.78 bits per heavy atom. The Labute approximate surface area is 160 Å². The smallest absolute Gasteiger partial charge is 0.333 e. The van der Waals surface area contributed by atoms with Crippen LogP contribution >= 0.6 is 0 Å². The lowest BCUT2D eigenvalue weighted by atomic mass is 9.99. The predicted octanol–water partition coefficient (Wildman–Crippen LogP) is 4.05. The molecule has 144 valence electrons. The zero-order valence-electron chi connectivity index (χ0n) is 16.1. The summed E-state index contributed by atoms with van der Waals surface area (Å²) in [6, 6.07) is 11.7. The van der Waals surface area contributed by atoms with Gasteiger partial charge in [-0.1, -0.05) is 36.4 Å². The number of carbonyl (C=O) groups excluding carboxylic acids is 1. The molecular formula is C22H26O5. The highest BCUT2D eigenvalue weighted by Crippen LogP contribution is 2.36. The molecule has 0 amide bonds. The van der Waals surface area contributed by atoms with Crippen LogP contribution in [-0.4, -0.2) is 38.0 Å². The Hall–Kier alpha value is -2.79. The van der Waals surface area contributed by atoms with Crippen molar-refractivity contribution in [3.05, 3.63) is 59.7 Å². The summed E-state index contributed by atoms with van der Waals surface area (Å²) in [5.74, 6) is -0.00421. The molecule has 2 rings (SSSR count). The number of ether oxygens (including phenoxy) is 3. The minimum absolute atomic E-state index is 0.0467. The average Bonchev–Trinajstić information content (AvgIpc) is 2.64. The molecule has 0 radical (unpaired) electrons. The first-order valence-electron chi connectivity index (χ1n) is 8.79. The molecule has 0 spiro atoms. The molecule has 0 heterocycles. The van der Waals surface area contributed by atoms with E-state index in [-0.39, 0.29) is 12.4 Å². The molecule has 0 saturated carbocycles. The van der Waals surface area contributed by atoms with Crippen LogP contribution in [0.4, 0.5) is 0 Å². The van der Waals surface area contributed by atoms with Gasteiger partial charge in [0.05, 0.1) is 13.2 Å². The summed E-state index contributed by atoms with van der Waals surface area (Å²) < 4.78 is 15.9. The number of phenolic OH excluding ortho intramolecular Hbond substituents is 1. The van der Waals surface area contributed by atoms with Crippen LogP contribution in [0.25, 0.3) is 11.1 Å². The van der Waals surface area contributed by atoms with Crippen molar-refractivity contribution in [2.75, 3.05) is 26.9 Å². The summed E-state index contributed by atoms with van der Waals surface area (Å²) in [6.07, 6.45) is 0.411. The Morgan fingerprint density at radius 1 is 1.07 bits per heavy atom. The van der Waals surface area contributed by atoms with Gasteiger partial charge in [0.2, 0.25) is 0 Å². The molecular weight excluding hydrogens is 344 g/mol. The third-order valence-corrected chi connectivity index (χ3v) is 4.02. The van der Waals surface area contributed by atoms with Gasteiger partial charge in [-0.25, -0.2) is 4.79 Å². The van der Waals surface area contributed by atoms with Crippen molar-refractivity contribution >= 4 is 5.97 Å². The van der Waals surface area contributed by atoms with E-state index in [0.717, 1.165) is 22.3 Å². The van der Waals surface area contributed by atoms with E-state index < -0.39 is 5.97 Å². The normalized spacial score (nSPS) is 10.5. The van der Waals surface area contributed by atoms with E-state index in [1.807, 2.05) is 37.3 Å². The highest BCUT2D eigenvalue weighted by Gasteiger charge is 2.14. The molecule has 27 heavy (non-hydrogen) atoms. The number of aromatic hydroxyl groups is 1. The lowest BCUT2D eigenvalue weighted by molar-refractivity contribution is -0.138. The summed E-state index contributed by atoms with van der Waals surface area (Å²) in [5.41, 5.74) is 4.13. The lowest BCUT2D eigenvalue weighted by Crippen LogP contribution is -2.10. The molecule has 0 aliphatic heterocycles. The Kier molecular flexibility index (Phi) is 7.44. The van der Waals surface area contributed by atoms with E-state index in [1.54, 1.807) is 20.1 Å². The number of aryl methyl sites for hydroxylation is 1. The van der Waals surface area contributed by atoms with Gasteiger partial charge in [0.15, 0.2) is 11.5 Å². The number of benzene rings is 2. The number of hydrogen-bond acceptors (Lipinski definition) is 5. The molecule has 5 heteroatoms. The quantitative estimate of drug-likeness (QED) is 0.410. The van der Waals surface area contributed by atoms with E-state index in [4.69, 9.17) is 14.2 Å². The van der Waals surface area contributed by atoms with Gasteiger partial charge in [0, 0.05) is 24.7 Å². The van der Waals surface area contributed by atoms with Gasteiger partial charge < -0.3 is 19.3 Å². The number of hydrogen-bond donors (Lipinski definition) is 1. The first-order valence-corrected chi connectivity index (χ1v) is 8.79. The highest BCUT2D eigenvalue weighted by molar-refractivity contribution is 5.86. The molecule has 0 bridgehead atoms. The SMILES string of the molecule is C=C(C)C(=O)OCCc1cc(-c2ccc(C)cc2)cc(O)c1OCCOC. The summed E-state index contributed by atoms with van der Waals surface area (Å²) in [6.45, 7) is 8.08. The van der Waals surface area contributed by atoms with Crippen LogP contribution in [0, 0.1) is 6.92 Å². The maximum absolute atomic E-state index is 11.6. The van der Waals surface area contributed by atoms with Crippen LogP contribution in [0.5, 0.6) is 11.5 Å². The topological polar surface area (TPSA) is 65.0 Å². The number of rotatable bonds is 9. The van der Waals surface area contributed by atoms with Crippen molar-refractivity contribution < 1.29 is 24.1 Å². The zero-order chi connectivity index (χ0) is 19.8. The van der Waals surface area contributed by atoms with E-state index in [1.165, 1.54) is 0 Å². The number of carbonyl (C=O) groups is 1. The molecule has 0 aliphatic carbocycles. The minimum Gasteiger partial charge on any atom is -0.504 e. The van der Waals surface area contributed by atoms with Gasteiger partial charge in [-0.3, -0.25) is 0 Å². The first-order chi connectivity index (χ1) is 12.9. The maximum atomic E-state index is 11.6.